The third-order valence-electron chi connectivity index (χ3n) is 3.50. The lowest BCUT2D eigenvalue weighted by molar-refractivity contribution is -0.125. The molecule has 1 atom stereocenters. The molecule has 0 saturated carbocycles. The Morgan fingerprint density at radius 2 is 2.04 bits per heavy atom. The van der Waals surface area contributed by atoms with E-state index in [0.717, 1.165) is 0 Å². The summed E-state index contributed by atoms with van der Waals surface area (Å²) in [4.78, 5) is 27.8. The van der Waals surface area contributed by atoms with Gasteiger partial charge < -0.3 is 10.6 Å². The van der Waals surface area contributed by atoms with E-state index in [2.05, 4.69) is 20.3 Å². The summed E-state index contributed by atoms with van der Waals surface area (Å²) in [6.07, 6.45) is 1.90. The zero-order chi connectivity index (χ0) is 18.6. The van der Waals surface area contributed by atoms with Crippen LogP contribution < -0.4 is 15.4 Å². The van der Waals surface area contributed by atoms with Gasteiger partial charge in [0.05, 0.1) is 4.90 Å². The Hall–Kier alpha value is -2.11. The lowest BCUT2D eigenvalue weighted by atomic mass is 10.2. The van der Waals surface area contributed by atoms with Crippen LogP contribution in [-0.2, 0) is 19.6 Å². The highest BCUT2D eigenvalue weighted by Crippen LogP contribution is 2.20. The van der Waals surface area contributed by atoms with E-state index >= 15 is 0 Å². The maximum absolute atomic E-state index is 12.3. The van der Waals surface area contributed by atoms with Crippen LogP contribution in [0.25, 0.3) is 0 Å². The largest absolute Gasteiger partial charge is 0.343 e. The number of nitrogens with zero attached hydrogens (tertiary/aromatic N) is 1. The predicted octanol–water partition coefficient (Wildman–Crippen LogP) is 1.50. The number of thiazole rings is 1. The van der Waals surface area contributed by atoms with Crippen molar-refractivity contribution >= 4 is 55.8 Å². The van der Waals surface area contributed by atoms with Crippen molar-refractivity contribution in [1.82, 2.24) is 10.3 Å². The Morgan fingerprint density at radius 1 is 1.27 bits per heavy atom. The molecule has 0 bridgehead atoms. The summed E-state index contributed by atoms with van der Waals surface area (Å²) in [5.41, 5.74) is 0.451. The number of aromatic nitrogens is 1. The van der Waals surface area contributed by atoms with Crippen molar-refractivity contribution in [2.24, 2.45) is 0 Å². The van der Waals surface area contributed by atoms with Crippen LogP contribution in [0.15, 0.2) is 40.7 Å². The van der Waals surface area contributed by atoms with Crippen molar-refractivity contribution in [2.75, 3.05) is 21.5 Å². The summed E-state index contributed by atoms with van der Waals surface area (Å²) >= 11 is 2.72. The van der Waals surface area contributed by atoms with E-state index in [0.29, 0.717) is 23.6 Å². The van der Waals surface area contributed by atoms with Gasteiger partial charge in [0.25, 0.3) is 10.0 Å². The molecule has 0 radical (unpaired) electrons. The van der Waals surface area contributed by atoms with Gasteiger partial charge in [0.2, 0.25) is 11.8 Å². The quantitative estimate of drug-likeness (QED) is 0.685. The molecule has 1 aliphatic heterocycles. The van der Waals surface area contributed by atoms with Crippen LogP contribution in [0.1, 0.15) is 6.42 Å². The van der Waals surface area contributed by atoms with Crippen LogP contribution in [0.3, 0.4) is 0 Å². The molecule has 3 N–H and O–H groups in total. The van der Waals surface area contributed by atoms with E-state index in [1.807, 2.05) is 0 Å². The Morgan fingerprint density at radius 3 is 2.73 bits per heavy atom. The first kappa shape index (κ1) is 18.7. The summed E-state index contributed by atoms with van der Waals surface area (Å²) < 4.78 is 26.9. The fourth-order valence-electron chi connectivity index (χ4n) is 2.21. The second-order valence-corrected chi connectivity index (χ2v) is 9.13. The number of anilines is 2. The number of amides is 2. The van der Waals surface area contributed by atoms with Crippen LogP contribution in [0, 0.1) is 0 Å². The molecule has 3 rings (SSSR count). The maximum atomic E-state index is 12.3. The number of hydrogen-bond acceptors (Lipinski definition) is 7. The van der Waals surface area contributed by atoms with Crippen molar-refractivity contribution < 1.29 is 18.0 Å². The van der Waals surface area contributed by atoms with E-state index in [1.54, 1.807) is 5.38 Å². The third kappa shape index (κ3) is 4.74. The van der Waals surface area contributed by atoms with Gasteiger partial charge in [-0.25, -0.2) is 13.4 Å². The highest BCUT2D eigenvalue weighted by atomic mass is 32.2. The molecule has 1 fully saturated rings. The topological polar surface area (TPSA) is 117 Å². The average Bonchev–Trinajstić information content (AvgIpc) is 3.00. The molecule has 1 unspecified atom stereocenters. The Labute approximate surface area is 158 Å². The van der Waals surface area contributed by atoms with Crippen molar-refractivity contribution in [2.45, 2.75) is 17.4 Å². The van der Waals surface area contributed by atoms with Crippen LogP contribution >= 0.6 is 23.1 Å². The number of hydrogen-bond donors (Lipinski definition) is 3. The third-order valence-corrected chi connectivity index (χ3v) is 6.73. The normalized spacial score (nSPS) is 17.8. The molecule has 1 saturated heterocycles. The van der Waals surface area contributed by atoms with Crippen molar-refractivity contribution in [3.05, 3.63) is 35.8 Å². The molecule has 0 spiro atoms. The number of sulfonamides is 1. The van der Waals surface area contributed by atoms with Gasteiger partial charge in [-0.05, 0) is 24.3 Å². The van der Waals surface area contributed by atoms with Crippen LogP contribution in [0.5, 0.6) is 0 Å². The van der Waals surface area contributed by atoms with Gasteiger partial charge >= 0.3 is 0 Å². The zero-order valence-electron chi connectivity index (χ0n) is 13.5. The number of carbonyl (C=O) groups excluding carboxylic acids is 2. The Balaban J connectivity index is 1.65. The van der Waals surface area contributed by atoms with Crippen LogP contribution in [0.4, 0.5) is 10.8 Å². The van der Waals surface area contributed by atoms with Gasteiger partial charge in [-0.2, -0.15) is 11.8 Å². The monoisotopic (exact) mass is 412 g/mol. The number of nitrogens with one attached hydrogen (secondary N) is 3. The van der Waals surface area contributed by atoms with E-state index in [9.17, 15) is 18.0 Å². The minimum absolute atomic E-state index is 0.0593. The molecule has 1 aliphatic rings. The first-order chi connectivity index (χ1) is 12.4. The summed E-state index contributed by atoms with van der Waals surface area (Å²) in [5.74, 6) is 0.713. The van der Waals surface area contributed by atoms with Gasteiger partial charge in [0.1, 0.15) is 6.04 Å². The number of benzene rings is 1. The first-order valence-corrected chi connectivity index (χ1v) is 11.2. The van der Waals surface area contributed by atoms with E-state index in [-0.39, 0.29) is 21.8 Å². The predicted molar refractivity (Wildman–Crippen MR) is 102 cm³/mol. The SMILES string of the molecule is O=C1CCSCC(C(=O)Nc2ccc(S(=O)(=O)Nc3nccs3)cc2)N1. The highest BCUT2D eigenvalue weighted by Gasteiger charge is 2.23. The summed E-state index contributed by atoms with van der Waals surface area (Å²) in [6, 6.07) is 5.18. The van der Waals surface area contributed by atoms with Gasteiger partial charge in [-0.1, -0.05) is 0 Å². The molecule has 138 valence electrons. The van der Waals surface area contributed by atoms with E-state index in [4.69, 9.17) is 0 Å². The Kier molecular flexibility index (Phi) is 5.79. The van der Waals surface area contributed by atoms with Gasteiger partial charge in [0.15, 0.2) is 5.13 Å². The Bertz CT molecular complexity index is 882. The second-order valence-electron chi connectivity index (χ2n) is 5.40. The first-order valence-electron chi connectivity index (χ1n) is 7.64. The minimum atomic E-state index is -3.74. The highest BCUT2D eigenvalue weighted by molar-refractivity contribution is 7.99. The fourth-order valence-corrected chi connectivity index (χ4v) is 4.97. The molecular weight excluding hydrogens is 396 g/mol. The minimum Gasteiger partial charge on any atom is -0.343 e. The number of rotatable bonds is 5. The molecule has 1 aromatic carbocycles. The fraction of sp³-hybridized carbons (Fsp3) is 0.267. The molecule has 8 nitrogen and oxygen atoms in total. The van der Waals surface area contributed by atoms with Gasteiger partial charge in [-0.3, -0.25) is 14.3 Å². The summed E-state index contributed by atoms with van der Waals surface area (Å²) in [7, 11) is -3.74. The van der Waals surface area contributed by atoms with Crippen molar-refractivity contribution in [3.63, 3.8) is 0 Å². The summed E-state index contributed by atoms with van der Waals surface area (Å²) in [5, 5.41) is 7.32. The van der Waals surface area contributed by atoms with Crippen molar-refractivity contribution in [3.8, 4) is 0 Å². The zero-order valence-corrected chi connectivity index (χ0v) is 15.9. The van der Waals surface area contributed by atoms with E-state index in [1.165, 1.54) is 53.6 Å². The number of thioether (sulfide) groups is 1. The van der Waals surface area contributed by atoms with Crippen LogP contribution in [-0.4, -0.2) is 42.8 Å². The average molecular weight is 413 g/mol. The van der Waals surface area contributed by atoms with E-state index < -0.39 is 16.1 Å². The van der Waals surface area contributed by atoms with Crippen LogP contribution in [0.2, 0.25) is 0 Å². The summed E-state index contributed by atoms with van der Waals surface area (Å²) in [6.45, 7) is 0. The molecular formula is C15H16N4O4S3. The standard InChI is InChI=1S/C15H16N4O4S3/c20-13-5-7-24-9-12(18-13)14(21)17-10-1-3-11(4-2-10)26(22,23)19-15-16-6-8-25-15/h1-4,6,8,12H,5,7,9H2,(H,16,19)(H,17,21)(H,18,20). The van der Waals surface area contributed by atoms with Gasteiger partial charge in [0, 0.05) is 35.2 Å². The molecule has 2 heterocycles. The van der Waals surface area contributed by atoms with Crippen molar-refractivity contribution in [1.29, 1.82) is 0 Å². The molecule has 2 amide bonds. The molecule has 1 aromatic heterocycles. The lowest BCUT2D eigenvalue weighted by Crippen LogP contribution is -2.44. The smallest absolute Gasteiger partial charge is 0.263 e. The molecule has 2 aromatic rings. The molecule has 26 heavy (non-hydrogen) atoms. The molecule has 0 aliphatic carbocycles. The van der Waals surface area contributed by atoms with Gasteiger partial charge in [-0.15, -0.1) is 11.3 Å². The number of carbonyl (C=O) groups is 2. The maximum Gasteiger partial charge on any atom is 0.263 e. The second kappa shape index (κ2) is 8.06. The lowest BCUT2D eigenvalue weighted by Gasteiger charge is -2.15. The molecule has 11 heteroatoms.